The van der Waals surface area contributed by atoms with Gasteiger partial charge in [-0.15, -0.1) is 11.3 Å². The monoisotopic (exact) mass is 304 g/mol. The van der Waals surface area contributed by atoms with Gasteiger partial charge >= 0.3 is 0 Å². The average Bonchev–Trinajstić information content (AvgIpc) is 2.77. The Kier molecular flexibility index (Phi) is 4.32. The SMILES string of the molecule is CC1(C)CN(S(=O)(=O)c2ccc(CCN)s2)CCO1. The lowest BCUT2D eigenvalue weighted by Crippen LogP contribution is -2.50. The van der Waals surface area contributed by atoms with Gasteiger partial charge in [-0.1, -0.05) is 0 Å². The van der Waals surface area contributed by atoms with E-state index in [4.69, 9.17) is 10.5 Å². The van der Waals surface area contributed by atoms with Crippen molar-refractivity contribution < 1.29 is 13.2 Å². The van der Waals surface area contributed by atoms with Crippen LogP contribution in [0.2, 0.25) is 0 Å². The van der Waals surface area contributed by atoms with Crippen molar-refractivity contribution in [2.75, 3.05) is 26.2 Å². The fraction of sp³-hybridized carbons (Fsp3) is 0.667. The van der Waals surface area contributed by atoms with Crippen molar-refractivity contribution in [3.05, 3.63) is 17.0 Å². The van der Waals surface area contributed by atoms with Crippen molar-refractivity contribution in [3.8, 4) is 0 Å². The van der Waals surface area contributed by atoms with E-state index in [9.17, 15) is 8.42 Å². The Morgan fingerprint density at radius 3 is 2.84 bits per heavy atom. The maximum absolute atomic E-state index is 12.5. The van der Waals surface area contributed by atoms with E-state index in [-0.39, 0.29) is 0 Å². The van der Waals surface area contributed by atoms with E-state index < -0.39 is 15.6 Å². The van der Waals surface area contributed by atoms with Gasteiger partial charge in [-0.2, -0.15) is 4.31 Å². The lowest BCUT2D eigenvalue weighted by Gasteiger charge is -2.37. The Morgan fingerprint density at radius 2 is 2.21 bits per heavy atom. The van der Waals surface area contributed by atoms with E-state index in [2.05, 4.69) is 0 Å². The second kappa shape index (κ2) is 5.49. The van der Waals surface area contributed by atoms with Crippen LogP contribution in [0.25, 0.3) is 0 Å². The number of nitrogens with zero attached hydrogens (tertiary/aromatic N) is 1. The molecular formula is C12H20N2O3S2. The van der Waals surface area contributed by atoms with Gasteiger partial charge < -0.3 is 10.5 Å². The fourth-order valence-electron chi connectivity index (χ4n) is 2.08. The van der Waals surface area contributed by atoms with E-state index in [0.29, 0.717) is 30.5 Å². The van der Waals surface area contributed by atoms with Crippen molar-refractivity contribution in [2.24, 2.45) is 5.73 Å². The molecule has 1 aromatic rings. The summed E-state index contributed by atoms with van der Waals surface area (Å²) in [5.74, 6) is 0. The summed E-state index contributed by atoms with van der Waals surface area (Å²) in [4.78, 5) is 1.01. The second-order valence-electron chi connectivity index (χ2n) is 5.21. The molecule has 2 heterocycles. The van der Waals surface area contributed by atoms with Gasteiger partial charge in [-0.3, -0.25) is 0 Å². The molecule has 5 nitrogen and oxygen atoms in total. The van der Waals surface area contributed by atoms with Gasteiger partial charge in [0.1, 0.15) is 4.21 Å². The van der Waals surface area contributed by atoms with Gasteiger partial charge in [0.2, 0.25) is 0 Å². The first kappa shape index (κ1) is 14.9. The highest BCUT2D eigenvalue weighted by atomic mass is 32.2. The molecule has 0 aromatic carbocycles. The van der Waals surface area contributed by atoms with E-state index in [1.807, 2.05) is 19.9 Å². The maximum Gasteiger partial charge on any atom is 0.252 e. The van der Waals surface area contributed by atoms with Gasteiger partial charge in [-0.25, -0.2) is 8.42 Å². The highest BCUT2D eigenvalue weighted by molar-refractivity contribution is 7.91. The van der Waals surface area contributed by atoms with Crippen molar-refractivity contribution in [1.82, 2.24) is 4.31 Å². The Labute approximate surface area is 118 Å². The molecule has 2 N–H and O–H groups in total. The van der Waals surface area contributed by atoms with E-state index in [1.165, 1.54) is 15.6 Å². The number of hydrogen-bond donors (Lipinski definition) is 1. The van der Waals surface area contributed by atoms with E-state index >= 15 is 0 Å². The van der Waals surface area contributed by atoms with Crippen LogP contribution in [-0.4, -0.2) is 44.6 Å². The van der Waals surface area contributed by atoms with Crippen molar-refractivity contribution >= 4 is 21.4 Å². The van der Waals surface area contributed by atoms with Crippen LogP contribution in [0.4, 0.5) is 0 Å². The lowest BCUT2D eigenvalue weighted by atomic mass is 10.1. The number of thiophene rings is 1. The lowest BCUT2D eigenvalue weighted by molar-refractivity contribution is -0.0639. The maximum atomic E-state index is 12.5. The Bertz CT molecular complexity index is 537. The number of hydrogen-bond acceptors (Lipinski definition) is 5. The molecule has 1 aliphatic rings. The molecule has 108 valence electrons. The summed E-state index contributed by atoms with van der Waals surface area (Å²) >= 11 is 1.31. The third kappa shape index (κ3) is 3.35. The van der Waals surface area contributed by atoms with Crippen molar-refractivity contribution in [3.63, 3.8) is 0 Å². The number of rotatable bonds is 4. The summed E-state index contributed by atoms with van der Waals surface area (Å²) in [5, 5.41) is 0. The van der Waals surface area contributed by atoms with Gasteiger partial charge in [-0.05, 0) is 38.9 Å². The molecule has 1 fully saturated rings. The molecule has 0 bridgehead atoms. The van der Waals surface area contributed by atoms with Gasteiger partial charge in [0, 0.05) is 18.0 Å². The zero-order chi connectivity index (χ0) is 14.1. The molecule has 1 aliphatic heterocycles. The van der Waals surface area contributed by atoms with Crippen LogP contribution in [0.5, 0.6) is 0 Å². The van der Waals surface area contributed by atoms with Crippen LogP contribution in [-0.2, 0) is 21.2 Å². The van der Waals surface area contributed by atoms with Crippen molar-refractivity contribution in [1.29, 1.82) is 0 Å². The molecule has 0 atom stereocenters. The van der Waals surface area contributed by atoms with Crippen LogP contribution in [0.1, 0.15) is 18.7 Å². The van der Waals surface area contributed by atoms with E-state index in [0.717, 1.165) is 11.3 Å². The Balaban J connectivity index is 2.21. The van der Waals surface area contributed by atoms with Gasteiger partial charge in [0.25, 0.3) is 10.0 Å². The number of morpholine rings is 1. The first-order chi connectivity index (χ1) is 8.85. The molecule has 0 amide bonds. The Morgan fingerprint density at radius 1 is 1.47 bits per heavy atom. The third-order valence-corrected chi connectivity index (χ3v) is 6.47. The highest BCUT2D eigenvalue weighted by Crippen LogP contribution is 2.28. The molecule has 1 saturated heterocycles. The zero-order valence-corrected chi connectivity index (χ0v) is 12.9. The zero-order valence-electron chi connectivity index (χ0n) is 11.3. The first-order valence-corrected chi connectivity index (χ1v) is 8.54. The van der Waals surface area contributed by atoms with E-state index in [1.54, 1.807) is 6.07 Å². The number of sulfonamides is 1. The highest BCUT2D eigenvalue weighted by Gasteiger charge is 2.35. The van der Waals surface area contributed by atoms with Crippen LogP contribution >= 0.6 is 11.3 Å². The average molecular weight is 304 g/mol. The quantitative estimate of drug-likeness (QED) is 0.902. The van der Waals surface area contributed by atoms with Gasteiger partial charge in [0.15, 0.2) is 0 Å². The number of ether oxygens (including phenoxy) is 1. The topological polar surface area (TPSA) is 72.6 Å². The van der Waals surface area contributed by atoms with Crippen molar-refractivity contribution in [2.45, 2.75) is 30.1 Å². The fourth-order valence-corrected chi connectivity index (χ4v) is 5.18. The van der Waals surface area contributed by atoms with Crippen LogP contribution in [0.15, 0.2) is 16.3 Å². The second-order valence-corrected chi connectivity index (χ2v) is 8.54. The minimum absolute atomic E-state index is 0.388. The minimum Gasteiger partial charge on any atom is -0.373 e. The molecule has 19 heavy (non-hydrogen) atoms. The summed E-state index contributed by atoms with van der Waals surface area (Å²) in [7, 11) is -3.40. The summed E-state index contributed by atoms with van der Waals surface area (Å²) in [6.07, 6.45) is 0.717. The first-order valence-electron chi connectivity index (χ1n) is 6.28. The molecular weight excluding hydrogens is 284 g/mol. The summed E-state index contributed by atoms with van der Waals surface area (Å²) in [6, 6.07) is 3.52. The molecule has 2 rings (SSSR count). The summed E-state index contributed by atoms with van der Waals surface area (Å²) < 4.78 is 32.5. The molecule has 0 unspecified atom stereocenters. The molecule has 0 aliphatic carbocycles. The number of nitrogens with two attached hydrogens (primary N) is 1. The predicted molar refractivity (Wildman–Crippen MR) is 75.9 cm³/mol. The standard InChI is InChI=1S/C12H20N2O3S2/c1-12(2)9-14(7-8-17-12)19(15,16)11-4-3-10(18-11)5-6-13/h3-4H,5-9,13H2,1-2H3. The molecule has 1 aromatic heterocycles. The summed E-state index contributed by atoms with van der Waals surface area (Å²) in [5.41, 5.74) is 5.06. The third-order valence-electron chi connectivity index (χ3n) is 3.01. The molecule has 7 heteroatoms. The molecule has 0 spiro atoms. The van der Waals surface area contributed by atoms with Crippen LogP contribution < -0.4 is 5.73 Å². The normalized spacial score (nSPS) is 20.6. The predicted octanol–water partition coefficient (Wildman–Crippen LogP) is 1.05. The molecule has 0 saturated carbocycles. The summed E-state index contributed by atoms with van der Waals surface area (Å²) in [6.45, 7) is 5.58. The molecule has 0 radical (unpaired) electrons. The van der Waals surface area contributed by atoms with Crippen LogP contribution in [0, 0.1) is 0 Å². The minimum atomic E-state index is -3.40. The smallest absolute Gasteiger partial charge is 0.252 e. The van der Waals surface area contributed by atoms with Gasteiger partial charge in [0.05, 0.1) is 12.2 Å². The largest absolute Gasteiger partial charge is 0.373 e. The Hall–Kier alpha value is -0.470. The van der Waals surface area contributed by atoms with Crippen LogP contribution in [0.3, 0.4) is 0 Å².